The normalized spacial score (nSPS) is 17.4. The smallest absolute Gasteiger partial charge is 0.257 e. The number of nitrogens with one attached hydrogen (secondary N) is 1. The Kier molecular flexibility index (Phi) is 3.91. The van der Waals surface area contributed by atoms with Gasteiger partial charge in [0, 0.05) is 13.0 Å². The summed E-state index contributed by atoms with van der Waals surface area (Å²) < 4.78 is 24.1. The molecule has 3 N–H and O–H groups in total. The number of aromatic nitrogens is 2. The minimum Gasteiger partial charge on any atom is -0.322 e. The van der Waals surface area contributed by atoms with Crippen molar-refractivity contribution in [3.63, 3.8) is 0 Å². The highest BCUT2D eigenvalue weighted by molar-refractivity contribution is 7.89. The van der Waals surface area contributed by atoms with Crippen LogP contribution in [0.25, 0.3) is 0 Å². The number of sulfonamides is 1. The summed E-state index contributed by atoms with van der Waals surface area (Å²) in [6, 6.07) is 0. The summed E-state index contributed by atoms with van der Waals surface area (Å²) in [4.78, 5) is 12.1. The molecular formula is C11H18N4O3S. The van der Waals surface area contributed by atoms with Crippen molar-refractivity contribution in [3.05, 3.63) is 6.20 Å². The van der Waals surface area contributed by atoms with Gasteiger partial charge in [0.2, 0.25) is 5.91 Å². The number of anilines is 1. The number of nitrogens with two attached hydrogens (primary N) is 1. The van der Waals surface area contributed by atoms with E-state index in [9.17, 15) is 13.2 Å². The molecule has 0 atom stereocenters. The van der Waals surface area contributed by atoms with E-state index in [4.69, 9.17) is 5.14 Å². The van der Waals surface area contributed by atoms with Gasteiger partial charge in [0.05, 0.1) is 11.9 Å². The van der Waals surface area contributed by atoms with E-state index in [1.165, 1.54) is 13.2 Å². The van der Waals surface area contributed by atoms with E-state index in [2.05, 4.69) is 10.4 Å². The SMILES string of the molecule is Cn1ncc(NC(=O)C2CCCCC2)c1S(N)(=O)=O. The zero-order valence-electron chi connectivity index (χ0n) is 10.8. The topological polar surface area (TPSA) is 107 Å². The first kappa shape index (κ1) is 14.0. The number of hydrogen-bond acceptors (Lipinski definition) is 4. The molecule has 1 saturated carbocycles. The van der Waals surface area contributed by atoms with Crippen LogP contribution in [0.15, 0.2) is 11.2 Å². The average Bonchev–Trinajstić information content (AvgIpc) is 2.71. The van der Waals surface area contributed by atoms with E-state index in [0.717, 1.165) is 36.8 Å². The number of primary sulfonamides is 1. The molecule has 8 heteroatoms. The van der Waals surface area contributed by atoms with E-state index >= 15 is 0 Å². The van der Waals surface area contributed by atoms with Gasteiger partial charge in [-0.15, -0.1) is 0 Å². The predicted molar refractivity (Wildman–Crippen MR) is 69.8 cm³/mol. The fourth-order valence-corrected chi connectivity index (χ4v) is 3.27. The molecule has 0 spiro atoms. The Labute approximate surface area is 112 Å². The first-order valence-electron chi connectivity index (χ1n) is 6.25. The minimum atomic E-state index is -3.91. The second kappa shape index (κ2) is 5.30. The molecule has 1 fully saturated rings. The van der Waals surface area contributed by atoms with Crippen molar-refractivity contribution in [2.24, 2.45) is 18.1 Å². The number of hydrogen-bond donors (Lipinski definition) is 2. The predicted octanol–water partition coefficient (Wildman–Crippen LogP) is 0.586. The molecule has 0 bridgehead atoms. The molecule has 0 unspecified atom stereocenters. The fraction of sp³-hybridized carbons (Fsp3) is 0.636. The lowest BCUT2D eigenvalue weighted by Gasteiger charge is -2.20. The van der Waals surface area contributed by atoms with Crippen LogP contribution in [-0.2, 0) is 21.9 Å². The second-order valence-electron chi connectivity index (χ2n) is 4.86. The number of nitrogens with zero attached hydrogens (tertiary/aromatic N) is 2. The molecule has 0 aromatic carbocycles. The third-order valence-electron chi connectivity index (χ3n) is 3.39. The molecule has 19 heavy (non-hydrogen) atoms. The third kappa shape index (κ3) is 3.13. The highest BCUT2D eigenvalue weighted by Crippen LogP contribution is 2.26. The van der Waals surface area contributed by atoms with Gasteiger partial charge in [-0.25, -0.2) is 13.6 Å². The van der Waals surface area contributed by atoms with Crippen molar-refractivity contribution in [1.82, 2.24) is 9.78 Å². The van der Waals surface area contributed by atoms with Crippen LogP contribution in [0.2, 0.25) is 0 Å². The summed E-state index contributed by atoms with van der Waals surface area (Å²) in [6.07, 6.45) is 6.22. The van der Waals surface area contributed by atoms with Crippen molar-refractivity contribution in [1.29, 1.82) is 0 Å². The lowest BCUT2D eigenvalue weighted by molar-refractivity contribution is -0.120. The average molecular weight is 286 g/mol. The highest BCUT2D eigenvalue weighted by atomic mass is 32.2. The molecule has 1 amide bonds. The Morgan fingerprint density at radius 3 is 2.63 bits per heavy atom. The number of aryl methyl sites for hydroxylation is 1. The van der Waals surface area contributed by atoms with Crippen LogP contribution in [0.4, 0.5) is 5.69 Å². The standard InChI is InChI=1S/C11H18N4O3S/c1-15-11(19(12,17)18)9(7-13-15)14-10(16)8-5-3-2-4-6-8/h7-8H,2-6H2,1H3,(H,14,16)(H2,12,17,18). The van der Waals surface area contributed by atoms with E-state index in [0.29, 0.717) is 0 Å². The summed E-state index contributed by atoms with van der Waals surface area (Å²) in [5, 5.41) is 11.4. The van der Waals surface area contributed by atoms with Gasteiger partial charge in [0.15, 0.2) is 5.03 Å². The summed E-state index contributed by atoms with van der Waals surface area (Å²) in [6.45, 7) is 0. The van der Waals surface area contributed by atoms with Gasteiger partial charge in [0.1, 0.15) is 0 Å². The third-order valence-corrected chi connectivity index (χ3v) is 4.41. The van der Waals surface area contributed by atoms with E-state index in [-0.39, 0.29) is 22.5 Å². The molecule has 106 valence electrons. The summed E-state index contributed by atoms with van der Waals surface area (Å²) >= 11 is 0. The lowest BCUT2D eigenvalue weighted by Crippen LogP contribution is -2.26. The maximum Gasteiger partial charge on any atom is 0.257 e. The van der Waals surface area contributed by atoms with Crippen LogP contribution in [0.1, 0.15) is 32.1 Å². The van der Waals surface area contributed by atoms with Crippen molar-refractivity contribution >= 4 is 21.6 Å². The highest BCUT2D eigenvalue weighted by Gasteiger charge is 2.25. The van der Waals surface area contributed by atoms with Gasteiger partial charge in [-0.05, 0) is 12.8 Å². The molecule has 0 saturated heterocycles. The maximum absolute atomic E-state index is 12.1. The van der Waals surface area contributed by atoms with E-state index in [1.54, 1.807) is 0 Å². The quantitative estimate of drug-likeness (QED) is 0.847. The Morgan fingerprint density at radius 2 is 2.05 bits per heavy atom. The Morgan fingerprint density at radius 1 is 1.42 bits per heavy atom. The molecule has 0 aliphatic heterocycles. The summed E-state index contributed by atoms with van der Waals surface area (Å²) in [5.74, 6) is -0.208. The maximum atomic E-state index is 12.1. The number of rotatable bonds is 3. The van der Waals surface area contributed by atoms with Crippen LogP contribution in [0, 0.1) is 5.92 Å². The monoisotopic (exact) mass is 286 g/mol. The summed E-state index contributed by atoms with van der Waals surface area (Å²) in [7, 11) is -2.44. The zero-order chi connectivity index (χ0) is 14.0. The number of amides is 1. The van der Waals surface area contributed by atoms with Crippen LogP contribution < -0.4 is 10.5 Å². The molecule has 0 radical (unpaired) electrons. The van der Waals surface area contributed by atoms with Crippen LogP contribution in [-0.4, -0.2) is 24.1 Å². The minimum absolute atomic E-state index is 0.0534. The van der Waals surface area contributed by atoms with Gasteiger partial charge in [-0.3, -0.25) is 9.48 Å². The van der Waals surface area contributed by atoms with E-state index < -0.39 is 10.0 Å². The van der Waals surface area contributed by atoms with Gasteiger partial charge in [-0.1, -0.05) is 19.3 Å². The van der Waals surface area contributed by atoms with Gasteiger partial charge in [0.25, 0.3) is 10.0 Å². The Bertz CT molecular complexity index is 573. The molecule has 7 nitrogen and oxygen atoms in total. The Balaban J connectivity index is 2.17. The molecule has 1 aromatic heterocycles. The van der Waals surface area contributed by atoms with Crippen molar-refractivity contribution in [2.45, 2.75) is 37.1 Å². The van der Waals surface area contributed by atoms with Crippen molar-refractivity contribution in [2.75, 3.05) is 5.32 Å². The fourth-order valence-electron chi connectivity index (χ4n) is 2.45. The summed E-state index contributed by atoms with van der Waals surface area (Å²) in [5.41, 5.74) is 0.153. The lowest BCUT2D eigenvalue weighted by atomic mass is 9.89. The second-order valence-corrected chi connectivity index (χ2v) is 6.33. The molecule has 1 aromatic rings. The van der Waals surface area contributed by atoms with Gasteiger partial charge < -0.3 is 5.32 Å². The van der Waals surface area contributed by atoms with Gasteiger partial charge >= 0.3 is 0 Å². The molecular weight excluding hydrogens is 268 g/mol. The molecule has 2 rings (SSSR count). The van der Waals surface area contributed by atoms with Crippen LogP contribution in [0.5, 0.6) is 0 Å². The molecule has 1 aliphatic carbocycles. The first-order chi connectivity index (χ1) is 8.89. The molecule has 1 aliphatic rings. The number of carbonyl (C=O) groups excluding carboxylic acids is 1. The van der Waals surface area contributed by atoms with Crippen LogP contribution >= 0.6 is 0 Å². The van der Waals surface area contributed by atoms with Gasteiger partial charge in [-0.2, -0.15) is 5.10 Å². The largest absolute Gasteiger partial charge is 0.322 e. The number of carbonyl (C=O) groups is 1. The van der Waals surface area contributed by atoms with E-state index in [1.807, 2.05) is 0 Å². The first-order valence-corrected chi connectivity index (χ1v) is 7.80. The zero-order valence-corrected chi connectivity index (χ0v) is 11.6. The van der Waals surface area contributed by atoms with Crippen LogP contribution in [0.3, 0.4) is 0 Å². The molecule has 1 heterocycles. The van der Waals surface area contributed by atoms with Crippen molar-refractivity contribution in [3.8, 4) is 0 Å². The Hall–Kier alpha value is -1.41. The van der Waals surface area contributed by atoms with Crippen molar-refractivity contribution < 1.29 is 13.2 Å².